The van der Waals surface area contributed by atoms with Gasteiger partial charge in [-0.3, -0.25) is 0 Å². The quantitative estimate of drug-likeness (QED) is 0.862. The number of carbonyl (C=O) groups excluding carboxylic acids is 1. The van der Waals surface area contributed by atoms with Gasteiger partial charge in [-0.1, -0.05) is 0 Å². The lowest BCUT2D eigenvalue weighted by Crippen LogP contribution is -2.55. The largest absolute Gasteiger partial charge is 0.444 e. The number of piperazine rings is 1. The van der Waals surface area contributed by atoms with Crippen molar-refractivity contribution in [3.8, 4) is 0 Å². The number of fused-ring (bicyclic) bond motifs is 1. The van der Waals surface area contributed by atoms with Crippen LogP contribution in [0.25, 0.3) is 11.0 Å². The highest BCUT2D eigenvalue weighted by molar-refractivity contribution is 7.89. The van der Waals surface area contributed by atoms with Gasteiger partial charge in [0, 0.05) is 43.5 Å². The van der Waals surface area contributed by atoms with Gasteiger partial charge in [0.05, 0.1) is 0 Å². The summed E-state index contributed by atoms with van der Waals surface area (Å²) in [4.78, 5) is 21.0. The number of aromatic nitrogens is 2. The lowest BCUT2D eigenvalue weighted by molar-refractivity contribution is 0.0143. The first-order valence-corrected chi connectivity index (χ1v) is 9.95. The van der Waals surface area contributed by atoms with E-state index in [0.717, 1.165) is 0 Å². The molecule has 1 atom stereocenters. The van der Waals surface area contributed by atoms with Gasteiger partial charge in [-0.2, -0.15) is 4.31 Å². The molecule has 3 heterocycles. The van der Waals surface area contributed by atoms with Crippen LogP contribution in [0.4, 0.5) is 4.79 Å². The lowest BCUT2D eigenvalue weighted by atomic mass is 10.2. The number of hydrogen-bond acceptors (Lipinski definition) is 5. The summed E-state index contributed by atoms with van der Waals surface area (Å²) in [6.07, 6.45) is 2.66. The van der Waals surface area contributed by atoms with Crippen LogP contribution >= 0.6 is 0 Å². The van der Waals surface area contributed by atoms with Gasteiger partial charge in [0.1, 0.15) is 16.1 Å². The Labute approximate surface area is 153 Å². The van der Waals surface area contributed by atoms with Crippen molar-refractivity contribution in [3.05, 3.63) is 24.5 Å². The van der Waals surface area contributed by atoms with Crippen molar-refractivity contribution in [2.75, 3.05) is 19.6 Å². The first kappa shape index (κ1) is 18.7. The van der Waals surface area contributed by atoms with Crippen molar-refractivity contribution >= 4 is 27.1 Å². The van der Waals surface area contributed by atoms with Crippen LogP contribution in [-0.4, -0.2) is 65.0 Å². The molecule has 1 fully saturated rings. The SMILES string of the molecule is C[C@@H]1CN(C(=O)OC(C)(C)C)CCN1S(=O)(=O)c1c[nH]c2ncccc12. The highest BCUT2D eigenvalue weighted by Crippen LogP contribution is 2.27. The Balaban J connectivity index is 1.80. The predicted molar refractivity (Wildman–Crippen MR) is 97.3 cm³/mol. The van der Waals surface area contributed by atoms with Gasteiger partial charge in [0.15, 0.2) is 0 Å². The molecule has 0 aliphatic carbocycles. The number of pyridine rings is 1. The molecule has 2 aromatic heterocycles. The highest BCUT2D eigenvalue weighted by Gasteiger charge is 2.37. The van der Waals surface area contributed by atoms with E-state index in [0.29, 0.717) is 17.6 Å². The smallest absolute Gasteiger partial charge is 0.410 e. The third-order valence-electron chi connectivity index (χ3n) is 4.22. The van der Waals surface area contributed by atoms with Crippen LogP contribution in [-0.2, 0) is 14.8 Å². The van der Waals surface area contributed by atoms with Crippen molar-refractivity contribution < 1.29 is 17.9 Å². The van der Waals surface area contributed by atoms with Gasteiger partial charge in [-0.25, -0.2) is 18.2 Å². The summed E-state index contributed by atoms with van der Waals surface area (Å²) >= 11 is 0. The molecule has 9 heteroatoms. The van der Waals surface area contributed by atoms with Crippen LogP contribution in [0, 0.1) is 0 Å². The number of H-pyrrole nitrogens is 1. The molecule has 1 saturated heterocycles. The fourth-order valence-electron chi connectivity index (χ4n) is 3.06. The number of nitrogens with zero attached hydrogens (tertiary/aromatic N) is 3. The summed E-state index contributed by atoms with van der Waals surface area (Å²) < 4.78 is 33.1. The minimum absolute atomic E-state index is 0.207. The van der Waals surface area contributed by atoms with Crippen molar-refractivity contribution in [1.82, 2.24) is 19.2 Å². The summed E-state index contributed by atoms with van der Waals surface area (Å²) in [5.74, 6) is 0. The highest BCUT2D eigenvalue weighted by atomic mass is 32.2. The third-order valence-corrected chi connectivity index (χ3v) is 6.27. The normalized spacial score (nSPS) is 19.7. The number of amides is 1. The Morgan fingerprint density at radius 2 is 2.08 bits per heavy atom. The van der Waals surface area contributed by atoms with E-state index in [-0.39, 0.29) is 24.0 Å². The zero-order valence-electron chi connectivity index (χ0n) is 15.4. The van der Waals surface area contributed by atoms with E-state index < -0.39 is 21.7 Å². The van der Waals surface area contributed by atoms with Crippen LogP contribution in [0.5, 0.6) is 0 Å². The summed E-state index contributed by atoms with van der Waals surface area (Å²) in [5.41, 5.74) is -0.0493. The van der Waals surface area contributed by atoms with E-state index in [1.807, 2.05) is 0 Å². The first-order chi connectivity index (χ1) is 12.1. The number of rotatable bonds is 2. The molecular formula is C17H24N4O4S. The summed E-state index contributed by atoms with van der Waals surface area (Å²) in [6, 6.07) is 3.08. The first-order valence-electron chi connectivity index (χ1n) is 8.51. The Morgan fingerprint density at radius 3 is 2.73 bits per heavy atom. The second-order valence-electron chi connectivity index (χ2n) is 7.44. The van der Waals surface area contributed by atoms with Crippen molar-refractivity contribution in [1.29, 1.82) is 0 Å². The zero-order chi connectivity index (χ0) is 19.1. The van der Waals surface area contributed by atoms with Gasteiger partial charge >= 0.3 is 6.09 Å². The number of aromatic amines is 1. The maximum Gasteiger partial charge on any atom is 0.410 e. The van der Waals surface area contributed by atoms with Crippen LogP contribution < -0.4 is 0 Å². The van der Waals surface area contributed by atoms with Crippen LogP contribution in [0.1, 0.15) is 27.7 Å². The van der Waals surface area contributed by atoms with E-state index in [1.165, 1.54) is 10.5 Å². The van der Waals surface area contributed by atoms with Crippen molar-refractivity contribution in [3.63, 3.8) is 0 Å². The molecule has 0 aromatic carbocycles. The molecule has 0 bridgehead atoms. The van der Waals surface area contributed by atoms with Crippen LogP contribution in [0.2, 0.25) is 0 Å². The monoisotopic (exact) mass is 380 g/mol. The number of sulfonamides is 1. The molecule has 1 aliphatic rings. The molecule has 1 N–H and O–H groups in total. The number of ether oxygens (including phenoxy) is 1. The number of nitrogens with one attached hydrogen (secondary N) is 1. The number of hydrogen-bond donors (Lipinski definition) is 1. The van der Waals surface area contributed by atoms with Crippen molar-refractivity contribution in [2.45, 2.75) is 44.2 Å². The van der Waals surface area contributed by atoms with Crippen LogP contribution in [0.15, 0.2) is 29.4 Å². The second kappa shape index (κ2) is 6.55. The Morgan fingerprint density at radius 1 is 1.35 bits per heavy atom. The Hall–Kier alpha value is -2.13. The van der Waals surface area contributed by atoms with Gasteiger partial charge in [0.2, 0.25) is 10.0 Å². The molecule has 8 nitrogen and oxygen atoms in total. The number of carbonyl (C=O) groups is 1. The summed E-state index contributed by atoms with van der Waals surface area (Å²) in [6.45, 7) is 8.00. The average Bonchev–Trinajstić information content (AvgIpc) is 2.97. The molecule has 1 amide bonds. The molecule has 3 rings (SSSR count). The summed E-state index contributed by atoms with van der Waals surface area (Å²) in [5, 5.41) is 0.564. The second-order valence-corrected chi connectivity index (χ2v) is 9.30. The fourth-order valence-corrected chi connectivity index (χ4v) is 4.83. The zero-order valence-corrected chi connectivity index (χ0v) is 16.2. The minimum atomic E-state index is -3.70. The van der Waals surface area contributed by atoms with Gasteiger partial charge in [-0.05, 0) is 39.8 Å². The van der Waals surface area contributed by atoms with Gasteiger partial charge in [0.25, 0.3) is 0 Å². The summed E-state index contributed by atoms with van der Waals surface area (Å²) in [7, 11) is -3.70. The standard InChI is InChI=1S/C17H24N4O4S/c1-12-11-20(16(22)25-17(2,3)4)8-9-21(12)26(23,24)14-10-19-15-13(14)6-5-7-18-15/h5-7,10,12H,8-9,11H2,1-4H3,(H,18,19)/t12-/m1/s1. The minimum Gasteiger partial charge on any atom is -0.444 e. The predicted octanol–water partition coefficient (Wildman–Crippen LogP) is 2.19. The molecule has 0 spiro atoms. The molecule has 1 aliphatic heterocycles. The Kier molecular flexibility index (Phi) is 4.70. The maximum atomic E-state index is 13.1. The van der Waals surface area contributed by atoms with Gasteiger partial charge in [-0.15, -0.1) is 0 Å². The Bertz CT molecular complexity index is 916. The lowest BCUT2D eigenvalue weighted by Gasteiger charge is -2.39. The topological polar surface area (TPSA) is 95.6 Å². The molecule has 26 heavy (non-hydrogen) atoms. The van der Waals surface area contributed by atoms with E-state index in [1.54, 1.807) is 50.9 Å². The van der Waals surface area contributed by atoms with Crippen molar-refractivity contribution in [2.24, 2.45) is 0 Å². The molecule has 2 aromatic rings. The molecule has 0 radical (unpaired) electrons. The van der Waals surface area contributed by atoms with E-state index >= 15 is 0 Å². The van der Waals surface area contributed by atoms with E-state index in [2.05, 4.69) is 9.97 Å². The van der Waals surface area contributed by atoms with E-state index in [4.69, 9.17) is 4.74 Å². The third kappa shape index (κ3) is 3.54. The van der Waals surface area contributed by atoms with Crippen LogP contribution in [0.3, 0.4) is 0 Å². The maximum absolute atomic E-state index is 13.1. The average molecular weight is 380 g/mol. The fraction of sp³-hybridized carbons (Fsp3) is 0.529. The molecular weight excluding hydrogens is 356 g/mol. The van der Waals surface area contributed by atoms with Gasteiger partial charge < -0.3 is 14.6 Å². The van der Waals surface area contributed by atoms with E-state index in [9.17, 15) is 13.2 Å². The molecule has 0 unspecified atom stereocenters. The molecule has 142 valence electrons. The molecule has 0 saturated carbocycles.